The number of nitrogens with zero attached hydrogens (tertiary/aromatic N) is 1. The number of hydrogen-bond acceptors (Lipinski definition) is 3. The molecule has 0 bridgehead atoms. The van der Waals surface area contributed by atoms with Crippen molar-refractivity contribution >= 4 is 28.7 Å². The number of carbonyl (C=O) groups is 3. The Balaban J connectivity index is 1.59. The average Bonchev–Trinajstić information content (AvgIpc) is 3.20. The molecular formula is C20H24FN3O4. The number of amides is 2. The minimum atomic E-state index is -0.917. The number of aromatic nitrogens is 1. The van der Waals surface area contributed by atoms with Gasteiger partial charge in [0.15, 0.2) is 0 Å². The van der Waals surface area contributed by atoms with Gasteiger partial charge in [-0.05, 0) is 43.5 Å². The van der Waals surface area contributed by atoms with E-state index >= 15 is 0 Å². The lowest BCUT2D eigenvalue weighted by Crippen LogP contribution is -2.43. The zero-order valence-corrected chi connectivity index (χ0v) is 15.8. The summed E-state index contributed by atoms with van der Waals surface area (Å²) < 4.78 is 13.3. The number of halogens is 1. The molecule has 0 aliphatic carbocycles. The van der Waals surface area contributed by atoms with Crippen LogP contribution in [-0.2, 0) is 20.9 Å². The van der Waals surface area contributed by atoms with Crippen LogP contribution in [0.2, 0.25) is 0 Å². The molecule has 28 heavy (non-hydrogen) atoms. The van der Waals surface area contributed by atoms with E-state index in [4.69, 9.17) is 5.11 Å². The smallest absolute Gasteiger partial charge is 0.303 e. The Morgan fingerprint density at radius 1 is 1.25 bits per heavy atom. The van der Waals surface area contributed by atoms with Gasteiger partial charge < -0.3 is 20.3 Å². The summed E-state index contributed by atoms with van der Waals surface area (Å²) >= 11 is 0. The maximum atomic E-state index is 13.3. The van der Waals surface area contributed by atoms with Crippen molar-refractivity contribution in [1.82, 2.24) is 15.2 Å². The number of nitrogens with one attached hydrogen (secondary N) is 2. The number of aromatic amines is 1. The number of fused-ring (bicyclic) bond motifs is 1. The molecule has 2 amide bonds. The van der Waals surface area contributed by atoms with E-state index in [0.717, 1.165) is 16.6 Å². The van der Waals surface area contributed by atoms with Crippen molar-refractivity contribution in [3.05, 3.63) is 35.8 Å². The Labute approximate surface area is 161 Å². The van der Waals surface area contributed by atoms with E-state index in [1.165, 1.54) is 12.1 Å². The maximum Gasteiger partial charge on any atom is 0.303 e. The maximum absolute atomic E-state index is 13.3. The van der Waals surface area contributed by atoms with Gasteiger partial charge in [-0.3, -0.25) is 14.4 Å². The molecule has 2 aromatic rings. The minimum Gasteiger partial charge on any atom is -0.481 e. The molecule has 0 spiro atoms. The highest BCUT2D eigenvalue weighted by molar-refractivity contribution is 5.81. The predicted molar refractivity (Wildman–Crippen MR) is 101 cm³/mol. The van der Waals surface area contributed by atoms with E-state index in [0.29, 0.717) is 32.2 Å². The molecule has 3 rings (SSSR count). The molecule has 1 fully saturated rings. The molecule has 0 unspecified atom stereocenters. The van der Waals surface area contributed by atoms with E-state index in [-0.39, 0.29) is 30.5 Å². The van der Waals surface area contributed by atoms with Gasteiger partial charge in [-0.15, -0.1) is 0 Å². The minimum absolute atomic E-state index is 0.0457. The zero-order chi connectivity index (χ0) is 20.3. The Morgan fingerprint density at radius 2 is 2.00 bits per heavy atom. The normalized spacial score (nSPS) is 19.0. The molecule has 1 aromatic carbocycles. The molecule has 8 heteroatoms. The van der Waals surface area contributed by atoms with Crippen LogP contribution >= 0.6 is 0 Å². The largest absolute Gasteiger partial charge is 0.481 e. The molecule has 1 saturated heterocycles. The number of aliphatic carboxylic acids is 1. The summed E-state index contributed by atoms with van der Waals surface area (Å²) in [6.45, 7) is 0.351. The van der Waals surface area contributed by atoms with Gasteiger partial charge in [0.25, 0.3) is 0 Å². The van der Waals surface area contributed by atoms with Crippen molar-refractivity contribution in [3.8, 4) is 0 Å². The summed E-state index contributed by atoms with van der Waals surface area (Å²) in [4.78, 5) is 39.9. The van der Waals surface area contributed by atoms with Crippen LogP contribution in [0.25, 0.3) is 10.9 Å². The van der Waals surface area contributed by atoms with Crippen molar-refractivity contribution in [2.24, 2.45) is 0 Å². The van der Waals surface area contributed by atoms with Crippen LogP contribution in [0, 0.1) is 5.82 Å². The number of hydrogen-bond donors (Lipinski definition) is 3. The van der Waals surface area contributed by atoms with Crippen molar-refractivity contribution < 1.29 is 23.9 Å². The quantitative estimate of drug-likeness (QED) is 0.646. The Morgan fingerprint density at radius 3 is 2.68 bits per heavy atom. The highest BCUT2D eigenvalue weighted by Crippen LogP contribution is 2.30. The predicted octanol–water partition coefficient (Wildman–Crippen LogP) is 2.56. The number of H-pyrrole nitrogens is 1. The molecule has 0 saturated carbocycles. The van der Waals surface area contributed by atoms with E-state index in [2.05, 4.69) is 10.3 Å². The first-order valence-electron chi connectivity index (χ1n) is 9.30. The summed E-state index contributed by atoms with van der Waals surface area (Å²) in [5.74, 6) is -1.43. The fraction of sp³-hybridized carbons (Fsp3) is 0.450. The van der Waals surface area contributed by atoms with Gasteiger partial charge in [0.05, 0.1) is 6.54 Å². The summed E-state index contributed by atoms with van der Waals surface area (Å²) in [7, 11) is 1.69. The van der Waals surface area contributed by atoms with Gasteiger partial charge in [-0.2, -0.15) is 0 Å². The highest BCUT2D eigenvalue weighted by Gasteiger charge is 2.38. The molecule has 150 valence electrons. The second-order valence-electron chi connectivity index (χ2n) is 7.50. The van der Waals surface area contributed by atoms with Crippen molar-refractivity contribution in [1.29, 1.82) is 0 Å². The molecule has 1 aliphatic rings. The molecule has 3 N–H and O–H groups in total. The third kappa shape index (κ3) is 4.68. The van der Waals surface area contributed by atoms with Crippen LogP contribution in [0.1, 0.15) is 44.2 Å². The number of benzene rings is 1. The zero-order valence-electron chi connectivity index (χ0n) is 15.8. The molecular weight excluding hydrogens is 365 g/mol. The summed E-state index contributed by atoms with van der Waals surface area (Å²) in [5.41, 5.74) is 0.981. The van der Waals surface area contributed by atoms with Crippen LogP contribution in [-0.4, -0.2) is 45.4 Å². The lowest BCUT2D eigenvalue weighted by atomic mass is 9.86. The van der Waals surface area contributed by atoms with Crippen molar-refractivity contribution in [3.63, 3.8) is 0 Å². The molecule has 1 aromatic heterocycles. The average molecular weight is 389 g/mol. The Hall–Kier alpha value is -2.90. The van der Waals surface area contributed by atoms with Crippen molar-refractivity contribution in [2.75, 3.05) is 7.05 Å². The lowest BCUT2D eigenvalue weighted by Gasteiger charge is -2.29. The van der Waals surface area contributed by atoms with E-state index in [1.807, 2.05) is 6.07 Å². The van der Waals surface area contributed by atoms with Gasteiger partial charge in [0.1, 0.15) is 5.82 Å². The molecule has 7 nitrogen and oxygen atoms in total. The Bertz CT molecular complexity index is 910. The van der Waals surface area contributed by atoms with Gasteiger partial charge in [0, 0.05) is 48.4 Å². The van der Waals surface area contributed by atoms with Gasteiger partial charge >= 0.3 is 5.97 Å². The number of rotatable bonds is 8. The van der Waals surface area contributed by atoms with Crippen LogP contribution < -0.4 is 5.32 Å². The second kappa shape index (κ2) is 8.00. The van der Waals surface area contributed by atoms with Gasteiger partial charge in [-0.25, -0.2) is 4.39 Å². The standard InChI is InChI=1S/C20H24FN3O4/c1-24(12-15-11-13-10-14(21)2-3-16(13)22-15)18(26)5-8-20(9-6-19(27)28)7-4-17(25)23-20/h2-3,10-11,22H,4-9,12H2,1H3,(H,23,25)(H,27,28)/t20-/m1/s1. The highest BCUT2D eigenvalue weighted by atomic mass is 19.1. The van der Waals surface area contributed by atoms with Crippen LogP contribution in [0.4, 0.5) is 4.39 Å². The summed E-state index contributed by atoms with van der Waals surface area (Å²) in [6, 6.07) is 6.29. The second-order valence-corrected chi connectivity index (χ2v) is 7.50. The van der Waals surface area contributed by atoms with Crippen LogP contribution in [0.3, 0.4) is 0 Å². The summed E-state index contributed by atoms with van der Waals surface area (Å²) in [6.07, 6.45) is 1.80. The van der Waals surface area contributed by atoms with Gasteiger partial charge in [-0.1, -0.05) is 0 Å². The van der Waals surface area contributed by atoms with E-state index < -0.39 is 11.5 Å². The van der Waals surface area contributed by atoms with Crippen LogP contribution in [0.5, 0.6) is 0 Å². The summed E-state index contributed by atoms with van der Waals surface area (Å²) in [5, 5.41) is 12.6. The molecule has 1 atom stereocenters. The fourth-order valence-electron chi connectivity index (χ4n) is 3.75. The number of carbonyl (C=O) groups excluding carboxylic acids is 2. The topological polar surface area (TPSA) is 102 Å². The first-order chi connectivity index (χ1) is 13.3. The van der Waals surface area contributed by atoms with E-state index in [1.54, 1.807) is 18.0 Å². The third-order valence-electron chi connectivity index (χ3n) is 5.34. The fourth-order valence-corrected chi connectivity index (χ4v) is 3.75. The Kier molecular flexibility index (Phi) is 5.67. The van der Waals surface area contributed by atoms with E-state index in [9.17, 15) is 18.8 Å². The SMILES string of the molecule is CN(Cc1cc2cc(F)ccc2[nH]1)C(=O)CC[C@@]1(CCC(=O)O)CCC(=O)N1. The van der Waals surface area contributed by atoms with Gasteiger partial charge in [0.2, 0.25) is 11.8 Å². The number of carboxylic acids is 1. The first kappa shape index (κ1) is 19.9. The first-order valence-corrected chi connectivity index (χ1v) is 9.30. The molecule has 0 radical (unpaired) electrons. The monoisotopic (exact) mass is 389 g/mol. The van der Waals surface area contributed by atoms with Crippen molar-refractivity contribution in [2.45, 2.75) is 50.6 Å². The lowest BCUT2D eigenvalue weighted by molar-refractivity contribution is -0.137. The third-order valence-corrected chi connectivity index (χ3v) is 5.34. The number of carboxylic acid groups (broad SMARTS) is 1. The molecule has 1 aliphatic heterocycles. The molecule has 2 heterocycles. The van der Waals surface area contributed by atoms with Crippen LogP contribution in [0.15, 0.2) is 24.3 Å².